The number of halogens is 1. The summed E-state index contributed by atoms with van der Waals surface area (Å²) in [4.78, 5) is 12.8. The van der Waals surface area contributed by atoms with Crippen LogP contribution in [0.2, 0.25) is 0 Å². The molecule has 0 bridgehead atoms. The highest BCUT2D eigenvalue weighted by Gasteiger charge is 2.39. The number of benzene rings is 1. The predicted molar refractivity (Wildman–Crippen MR) is 82.9 cm³/mol. The van der Waals surface area contributed by atoms with Crippen LogP contribution in [0.5, 0.6) is 0 Å². The molecule has 1 aromatic rings. The molecular weight excluding hydrogens is 342 g/mol. The quantitative estimate of drug-likeness (QED) is 0.791. The minimum Gasteiger partial charge on any atom is -0.385 e. The third-order valence-corrected chi connectivity index (χ3v) is 4.98. The van der Waals surface area contributed by atoms with E-state index in [1.807, 2.05) is 31.2 Å². The zero-order valence-corrected chi connectivity index (χ0v) is 13.7. The van der Waals surface area contributed by atoms with Crippen LogP contribution >= 0.6 is 27.7 Å². The van der Waals surface area contributed by atoms with Gasteiger partial charge >= 0.3 is 0 Å². The SMILES string of the molecule is CC1OCCC1(O)CNC(=O)CSc1ccc(Br)cc1. The largest absolute Gasteiger partial charge is 0.385 e. The Bertz CT molecular complexity index is 468. The zero-order chi connectivity index (χ0) is 14.6. The Morgan fingerprint density at radius 1 is 1.55 bits per heavy atom. The molecule has 0 spiro atoms. The van der Waals surface area contributed by atoms with Crippen molar-refractivity contribution in [3.8, 4) is 0 Å². The number of hydrogen-bond acceptors (Lipinski definition) is 4. The molecule has 0 aromatic heterocycles. The molecule has 1 heterocycles. The zero-order valence-electron chi connectivity index (χ0n) is 11.3. The van der Waals surface area contributed by atoms with Crippen LogP contribution in [0.25, 0.3) is 0 Å². The monoisotopic (exact) mass is 359 g/mol. The standard InChI is InChI=1S/C14H18BrNO3S/c1-10-14(18,6-7-19-10)9-16-13(17)8-20-12-4-2-11(15)3-5-12/h2-5,10,18H,6-9H2,1H3,(H,16,17). The maximum Gasteiger partial charge on any atom is 0.230 e. The first-order valence-corrected chi connectivity index (χ1v) is 8.26. The smallest absolute Gasteiger partial charge is 0.230 e. The van der Waals surface area contributed by atoms with Crippen LogP contribution < -0.4 is 5.32 Å². The van der Waals surface area contributed by atoms with Gasteiger partial charge in [-0.2, -0.15) is 0 Å². The second-order valence-electron chi connectivity index (χ2n) is 4.89. The van der Waals surface area contributed by atoms with Crippen molar-refractivity contribution >= 4 is 33.6 Å². The minimum absolute atomic E-state index is 0.0783. The highest BCUT2D eigenvalue weighted by molar-refractivity contribution is 9.10. The van der Waals surface area contributed by atoms with E-state index in [0.717, 1.165) is 9.37 Å². The van der Waals surface area contributed by atoms with Crippen LogP contribution in [-0.4, -0.2) is 41.6 Å². The maximum atomic E-state index is 11.8. The molecule has 2 rings (SSSR count). The Morgan fingerprint density at radius 3 is 2.85 bits per heavy atom. The Balaban J connectivity index is 1.74. The lowest BCUT2D eigenvalue weighted by atomic mass is 9.97. The van der Waals surface area contributed by atoms with E-state index in [1.54, 1.807) is 0 Å². The number of amides is 1. The molecule has 110 valence electrons. The average Bonchev–Trinajstić information content (AvgIpc) is 2.76. The Morgan fingerprint density at radius 2 is 2.25 bits per heavy atom. The minimum atomic E-state index is -0.933. The van der Waals surface area contributed by atoms with E-state index in [9.17, 15) is 9.90 Å². The van der Waals surface area contributed by atoms with Gasteiger partial charge in [-0.15, -0.1) is 11.8 Å². The van der Waals surface area contributed by atoms with Crippen LogP contribution in [0.1, 0.15) is 13.3 Å². The molecule has 1 amide bonds. The van der Waals surface area contributed by atoms with Crippen molar-refractivity contribution in [2.75, 3.05) is 18.9 Å². The van der Waals surface area contributed by atoms with Crippen LogP contribution in [0.4, 0.5) is 0 Å². The molecule has 0 aliphatic carbocycles. The molecule has 4 nitrogen and oxygen atoms in total. The first-order valence-electron chi connectivity index (χ1n) is 6.49. The summed E-state index contributed by atoms with van der Waals surface area (Å²) in [7, 11) is 0. The van der Waals surface area contributed by atoms with E-state index in [1.165, 1.54) is 11.8 Å². The molecule has 2 N–H and O–H groups in total. The van der Waals surface area contributed by atoms with E-state index in [4.69, 9.17) is 4.74 Å². The molecule has 2 atom stereocenters. The van der Waals surface area contributed by atoms with Crippen molar-refractivity contribution in [2.24, 2.45) is 0 Å². The Kier molecular flexibility index (Phi) is 5.49. The molecule has 1 aliphatic heterocycles. The van der Waals surface area contributed by atoms with Crippen LogP contribution in [0.3, 0.4) is 0 Å². The molecule has 2 unspecified atom stereocenters. The highest BCUT2D eigenvalue weighted by Crippen LogP contribution is 2.25. The fraction of sp³-hybridized carbons (Fsp3) is 0.500. The summed E-state index contributed by atoms with van der Waals surface area (Å²) in [6.07, 6.45) is 0.329. The number of aliphatic hydroxyl groups is 1. The predicted octanol–water partition coefficient (Wildman–Crippen LogP) is 2.20. The highest BCUT2D eigenvalue weighted by atomic mass is 79.9. The van der Waals surface area contributed by atoms with Crippen molar-refractivity contribution < 1.29 is 14.6 Å². The fourth-order valence-corrected chi connectivity index (χ4v) is 2.98. The summed E-state index contributed by atoms with van der Waals surface area (Å²) < 4.78 is 6.35. The molecule has 1 aromatic carbocycles. The van der Waals surface area contributed by atoms with E-state index < -0.39 is 5.60 Å². The van der Waals surface area contributed by atoms with E-state index >= 15 is 0 Å². The topological polar surface area (TPSA) is 58.6 Å². The Labute approximate surface area is 131 Å². The summed E-state index contributed by atoms with van der Waals surface area (Å²) in [5.74, 6) is 0.262. The van der Waals surface area contributed by atoms with Gasteiger partial charge in [0, 0.05) is 28.9 Å². The average molecular weight is 360 g/mol. The van der Waals surface area contributed by atoms with E-state index in [2.05, 4.69) is 21.2 Å². The number of carbonyl (C=O) groups is 1. The first kappa shape index (κ1) is 15.8. The summed E-state index contributed by atoms with van der Waals surface area (Å²) in [6.45, 7) is 2.62. The van der Waals surface area contributed by atoms with Crippen molar-refractivity contribution in [2.45, 2.75) is 29.9 Å². The summed E-state index contributed by atoms with van der Waals surface area (Å²) in [5, 5.41) is 13.1. The van der Waals surface area contributed by atoms with Gasteiger partial charge in [-0.1, -0.05) is 15.9 Å². The molecular formula is C14H18BrNO3S. The lowest BCUT2D eigenvalue weighted by Crippen LogP contribution is -2.47. The van der Waals surface area contributed by atoms with Crippen LogP contribution in [-0.2, 0) is 9.53 Å². The van der Waals surface area contributed by atoms with Gasteiger partial charge in [-0.05, 0) is 31.2 Å². The molecule has 0 saturated carbocycles. The number of thioether (sulfide) groups is 1. The molecule has 20 heavy (non-hydrogen) atoms. The van der Waals surface area contributed by atoms with Gasteiger partial charge < -0.3 is 15.2 Å². The lowest BCUT2D eigenvalue weighted by molar-refractivity contribution is -0.120. The summed E-state index contributed by atoms with van der Waals surface area (Å²) in [6, 6.07) is 7.81. The number of rotatable bonds is 5. The third kappa shape index (κ3) is 4.22. The lowest BCUT2D eigenvalue weighted by Gasteiger charge is -2.26. The normalized spacial score (nSPS) is 25.6. The van der Waals surface area contributed by atoms with Gasteiger partial charge in [0.05, 0.1) is 11.9 Å². The van der Waals surface area contributed by atoms with Gasteiger partial charge in [0.2, 0.25) is 5.91 Å². The first-order chi connectivity index (χ1) is 9.49. The second kappa shape index (κ2) is 6.93. The van der Waals surface area contributed by atoms with Crippen molar-refractivity contribution in [3.63, 3.8) is 0 Å². The van der Waals surface area contributed by atoms with E-state index in [-0.39, 0.29) is 18.6 Å². The van der Waals surface area contributed by atoms with Crippen LogP contribution in [0.15, 0.2) is 33.6 Å². The number of carbonyl (C=O) groups excluding carboxylic acids is 1. The summed E-state index contributed by atoms with van der Waals surface area (Å²) >= 11 is 4.85. The van der Waals surface area contributed by atoms with Crippen LogP contribution in [0, 0.1) is 0 Å². The molecule has 1 aliphatic rings. The molecule has 1 saturated heterocycles. The number of hydrogen-bond donors (Lipinski definition) is 2. The van der Waals surface area contributed by atoms with Gasteiger partial charge in [0.25, 0.3) is 0 Å². The van der Waals surface area contributed by atoms with Gasteiger partial charge in [-0.25, -0.2) is 0 Å². The Hall–Kier alpha value is -0.560. The van der Waals surface area contributed by atoms with Gasteiger partial charge in [-0.3, -0.25) is 4.79 Å². The number of ether oxygens (including phenoxy) is 1. The van der Waals surface area contributed by atoms with Gasteiger partial charge in [0.1, 0.15) is 5.60 Å². The summed E-state index contributed by atoms with van der Waals surface area (Å²) in [5.41, 5.74) is -0.933. The molecule has 6 heteroatoms. The molecule has 1 fully saturated rings. The number of nitrogens with one attached hydrogen (secondary N) is 1. The van der Waals surface area contributed by atoms with Crippen molar-refractivity contribution in [3.05, 3.63) is 28.7 Å². The van der Waals surface area contributed by atoms with E-state index in [0.29, 0.717) is 18.8 Å². The molecule has 0 radical (unpaired) electrons. The van der Waals surface area contributed by atoms with Gasteiger partial charge in [0.15, 0.2) is 0 Å². The van der Waals surface area contributed by atoms with Crippen molar-refractivity contribution in [1.82, 2.24) is 5.32 Å². The maximum absolute atomic E-state index is 11.8. The third-order valence-electron chi connectivity index (χ3n) is 3.43. The van der Waals surface area contributed by atoms with Crippen molar-refractivity contribution in [1.29, 1.82) is 0 Å². The second-order valence-corrected chi connectivity index (χ2v) is 6.85. The fourth-order valence-electron chi connectivity index (χ4n) is 1.99.